The molecule has 4 rings (SSSR count). The molecule has 3 aromatic carbocycles. The summed E-state index contributed by atoms with van der Waals surface area (Å²) in [5.74, 6) is 0.975. The number of rotatable bonds is 4. The minimum absolute atomic E-state index is 0.159. The van der Waals surface area contributed by atoms with Gasteiger partial charge in [-0.3, -0.25) is 10.3 Å². The minimum atomic E-state index is -0.286. The second-order valence-corrected chi connectivity index (χ2v) is 7.76. The molecule has 2 N–H and O–H groups in total. The van der Waals surface area contributed by atoms with Crippen LogP contribution in [0.3, 0.4) is 0 Å². The van der Waals surface area contributed by atoms with Gasteiger partial charge in [0.05, 0.1) is 7.11 Å². The number of aromatic hydroxyl groups is 1. The number of benzene rings is 3. The Balaban J connectivity index is 1.77. The van der Waals surface area contributed by atoms with E-state index in [4.69, 9.17) is 32.9 Å². The Labute approximate surface area is 179 Å². The second-order valence-electron chi connectivity index (χ2n) is 6.89. The van der Waals surface area contributed by atoms with Crippen LogP contribution in [-0.4, -0.2) is 17.9 Å². The average Bonchev–Trinajstić information content (AvgIpc) is 2.75. The van der Waals surface area contributed by atoms with Crippen molar-refractivity contribution in [3.05, 3.63) is 93.5 Å². The zero-order valence-electron chi connectivity index (χ0n) is 15.8. The molecule has 6 heteroatoms. The molecule has 29 heavy (non-hydrogen) atoms. The highest BCUT2D eigenvalue weighted by atomic mass is 35.5. The van der Waals surface area contributed by atoms with Gasteiger partial charge < -0.3 is 9.84 Å². The Morgan fingerprint density at radius 1 is 1.00 bits per heavy atom. The van der Waals surface area contributed by atoms with Gasteiger partial charge in [0.25, 0.3) is 0 Å². The van der Waals surface area contributed by atoms with Crippen LogP contribution in [0.25, 0.3) is 0 Å². The van der Waals surface area contributed by atoms with Crippen LogP contribution >= 0.6 is 23.2 Å². The molecule has 1 heterocycles. The highest BCUT2D eigenvalue weighted by molar-refractivity contribution is 6.30. The van der Waals surface area contributed by atoms with Crippen molar-refractivity contribution < 1.29 is 9.84 Å². The summed E-state index contributed by atoms with van der Waals surface area (Å²) in [6.07, 6.45) is 0.316. The SMILES string of the molecule is COc1cccc(C2=N[C@H](c3ccc(Cl)cc3)N[C@H](c3cc(Cl)ccc3O)C2)c1. The lowest BCUT2D eigenvalue weighted by Crippen LogP contribution is -2.33. The van der Waals surface area contributed by atoms with E-state index in [-0.39, 0.29) is 18.0 Å². The lowest BCUT2D eigenvalue weighted by atomic mass is 9.93. The summed E-state index contributed by atoms with van der Waals surface area (Å²) in [4.78, 5) is 4.95. The van der Waals surface area contributed by atoms with E-state index in [0.29, 0.717) is 16.5 Å². The molecule has 2 atom stereocenters. The lowest BCUT2D eigenvalue weighted by molar-refractivity contribution is 0.411. The Bertz CT molecular complexity index is 1050. The Morgan fingerprint density at radius 3 is 2.52 bits per heavy atom. The normalized spacial score (nSPS) is 18.9. The molecule has 1 aliphatic heterocycles. The van der Waals surface area contributed by atoms with Gasteiger partial charge in [0.1, 0.15) is 17.7 Å². The number of phenolic OH excluding ortho intramolecular Hbond substituents is 1. The molecule has 0 bridgehead atoms. The van der Waals surface area contributed by atoms with Gasteiger partial charge in [-0.2, -0.15) is 0 Å². The first-order valence-electron chi connectivity index (χ1n) is 9.24. The van der Waals surface area contributed by atoms with Gasteiger partial charge in [-0.1, -0.05) is 47.5 Å². The lowest BCUT2D eigenvalue weighted by Gasteiger charge is -2.31. The third-order valence-corrected chi connectivity index (χ3v) is 5.48. The number of hydrogen-bond donors (Lipinski definition) is 2. The van der Waals surface area contributed by atoms with Crippen molar-refractivity contribution in [2.24, 2.45) is 4.99 Å². The van der Waals surface area contributed by atoms with Crippen molar-refractivity contribution in [2.45, 2.75) is 18.6 Å². The Kier molecular flexibility index (Phi) is 5.76. The Hall–Kier alpha value is -2.53. The smallest absolute Gasteiger partial charge is 0.126 e. The maximum Gasteiger partial charge on any atom is 0.126 e. The van der Waals surface area contributed by atoms with E-state index < -0.39 is 0 Å². The summed E-state index contributed by atoms with van der Waals surface area (Å²) in [6.45, 7) is 0. The molecular formula is C23H20Cl2N2O2. The number of halogens is 2. The molecule has 0 saturated carbocycles. The highest BCUT2D eigenvalue weighted by Crippen LogP contribution is 2.36. The first kappa shape index (κ1) is 19.8. The number of aliphatic imine (C=N–C) groups is 1. The first-order valence-corrected chi connectivity index (χ1v) is 10.00. The maximum atomic E-state index is 10.4. The van der Waals surface area contributed by atoms with Crippen LogP contribution in [0.4, 0.5) is 0 Å². The molecule has 1 aliphatic rings. The molecule has 0 fully saturated rings. The summed E-state index contributed by atoms with van der Waals surface area (Å²) >= 11 is 12.3. The van der Waals surface area contributed by atoms with E-state index in [1.807, 2.05) is 48.5 Å². The molecule has 148 valence electrons. The summed E-state index contributed by atoms with van der Waals surface area (Å²) in [5.41, 5.74) is 3.64. The molecule has 0 aromatic heterocycles. The predicted octanol–water partition coefficient (Wildman–Crippen LogP) is 5.93. The largest absolute Gasteiger partial charge is 0.508 e. The fourth-order valence-corrected chi connectivity index (χ4v) is 3.81. The van der Waals surface area contributed by atoms with Crippen molar-refractivity contribution in [1.29, 1.82) is 0 Å². The van der Waals surface area contributed by atoms with E-state index in [9.17, 15) is 5.11 Å². The monoisotopic (exact) mass is 426 g/mol. The number of nitrogens with zero attached hydrogens (tertiary/aromatic N) is 1. The number of nitrogens with one attached hydrogen (secondary N) is 1. The topological polar surface area (TPSA) is 53.8 Å². The van der Waals surface area contributed by atoms with E-state index >= 15 is 0 Å². The average molecular weight is 427 g/mol. The number of hydrogen-bond acceptors (Lipinski definition) is 4. The fraction of sp³-hybridized carbons (Fsp3) is 0.174. The van der Waals surface area contributed by atoms with Crippen LogP contribution < -0.4 is 10.1 Å². The van der Waals surface area contributed by atoms with Gasteiger partial charge in [0, 0.05) is 33.8 Å². The molecule has 3 aromatic rings. The third kappa shape index (κ3) is 4.40. The quantitative estimate of drug-likeness (QED) is 0.543. The number of ether oxygens (including phenoxy) is 1. The molecular weight excluding hydrogens is 407 g/mol. The van der Waals surface area contributed by atoms with Crippen LogP contribution in [0.5, 0.6) is 11.5 Å². The van der Waals surface area contributed by atoms with Crippen molar-refractivity contribution in [3.8, 4) is 11.5 Å². The molecule has 0 saturated heterocycles. The number of phenols is 1. The first-order chi connectivity index (χ1) is 14.0. The van der Waals surface area contributed by atoms with Crippen LogP contribution in [-0.2, 0) is 0 Å². The van der Waals surface area contributed by atoms with E-state index in [1.54, 1.807) is 25.3 Å². The molecule has 0 amide bonds. The van der Waals surface area contributed by atoms with Crippen LogP contribution in [0.15, 0.2) is 71.7 Å². The molecule has 0 aliphatic carbocycles. The number of methoxy groups -OCH3 is 1. The summed E-state index contributed by atoms with van der Waals surface area (Å²) < 4.78 is 5.37. The highest BCUT2D eigenvalue weighted by Gasteiger charge is 2.28. The molecule has 0 radical (unpaired) electrons. The maximum absolute atomic E-state index is 10.4. The van der Waals surface area contributed by atoms with Crippen molar-refractivity contribution in [1.82, 2.24) is 5.32 Å². The predicted molar refractivity (Wildman–Crippen MR) is 117 cm³/mol. The molecule has 4 nitrogen and oxygen atoms in total. The summed E-state index contributed by atoms with van der Waals surface area (Å²) in [5, 5.41) is 15.2. The minimum Gasteiger partial charge on any atom is -0.508 e. The summed E-state index contributed by atoms with van der Waals surface area (Å²) in [7, 11) is 1.65. The van der Waals surface area contributed by atoms with Crippen LogP contribution in [0, 0.1) is 0 Å². The van der Waals surface area contributed by atoms with Gasteiger partial charge in [-0.05, 0) is 53.6 Å². The van der Waals surface area contributed by atoms with Crippen molar-refractivity contribution in [2.75, 3.05) is 7.11 Å². The molecule has 0 spiro atoms. The fourth-order valence-electron chi connectivity index (χ4n) is 3.50. The van der Waals surface area contributed by atoms with Gasteiger partial charge >= 0.3 is 0 Å². The van der Waals surface area contributed by atoms with Gasteiger partial charge in [0.15, 0.2) is 0 Å². The van der Waals surface area contributed by atoms with Gasteiger partial charge in [-0.25, -0.2) is 0 Å². The molecule has 0 unspecified atom stereocenters. The van der Waals surface area contributed by atoms with E-state index in [2.05, 4.69) is 5.32 Å². The van der Waals surface area contributed by atoms with Crippen molar-refractivity contribution >= 4 is 28.9 Å². The standard InChI is InChI=1S/C23H20Cl2N2O2/c1-29-18-4-2-3-15(11-18)20-13-21(19-12-17(25)9-10-22(19)28)27-23(26-20)14-5-7-16(24)8-6-14/h2-12,21,23,27-28H,13H2,1H3/t21-,23-/m0/s1. The zero-order chi connectivity index (χ0) is 20.4. The van der Waals surface area contributed by atoms with Crippen molar-refractivity contribution in [3.63, 3.8) is 0 Å². The third-order valence-electron chi connectivity index (χ3n) is 5.00. The van der Waals surface area contributed by atoms with Crippen LogP contribution in [0.2, 0.25) is 10.0 Å². The van der Waals surface area contributed by atoms with E-state index in [1.165, 1.54) is 0 Å². The Morgan fingerprint density at radius 2 is 1.76 bits per heavy atom. The second kappa shape index (κ2) is 8.46. The van der Waals surface area contributed by atoms with Gasteiger partial charge in [0.2, 0.25) is 0 Å². The van der Waals surface area contributed by atoms with Gasteiger partial charge in [-0.15, -0.1) is 0 Å². The zero-order valence-corrected chi connectivity index (χ0v) is 17.3. The van der Waals surface area contributed by atoms with Crippen LogP contribution in [0.1, 0.15) is 35.3 Å². The van der Waals surface area contributed by atoms with E-state index in [0.717, 1.165) is 28.2 Å². The summed E-state index contributed by atoms with van der Waals surface area (Å²) in [6, 6.07) is 20.4.